The van der Waals surface area contributed by atoms with Crippen LogP contribution in [0.5, 0.6) is 0 Å². The van der Waals surface area contributed by atoms with Gasteiger partial charge >= 0.3 is 0 Å². The van der Waals surface area contributed by atoms with Crippen LogP contribution in [0.4, 0.5) is 0 Å². The van der Waals surface area contributed by atoms with Gasteiger partial charge in [-0.1, -0.05) is 22.9 Å². The highest BCUT2D eigenvalue weighted by atomic mass is 79.9. The maximum absolute atomic E-state index is 3.24. The van der Waals surface area contributed by atoms with E-state index in [1.54, 1.807) is 0 Å². The van der Waals surface area contributed by atoms with Crippen molar-refractivity contribution in [2.75, 3.05) is 0 Å². The molecule has 0 amide bonds. The highest BCUT2D eigenvalue weighted by Crippen LogP contribution is 2.00. The molecular formula is C5H8Br. The van der Waals surface area contributed by atoms with Crippen molar-refractivity contribution in [3.8, 4) is 0 Å². The zero-order valence-corrected chi connectivity index (χ0v) is 5.67. The lowest BCUT2D eigenvalue weighted by Gasteiger charge is -1.76. The van der Waals surface area contributed by atoms with E-state index in [0.717, 1.165) is 10.9 Å². The Balaban J connectivity index is 3.14. The van der Waals surface area contributed by atoms with Crippen LogP contribution in [0.15, 0.2) is 4.48 Å². The van der Waals surface area contributed by atoms with Crippen LogP contribution in [0, 0.1) is 6.08 Å². The largest absolute Gasteiger partial charge is 0.0613 e. The van der Waals surface area contributed by atoms with Gasteiger partial charge in [0.25, 0.3) is 0 Å². The second kappa shape index (κ2) is 3.41. The van der Waals surface area contributed by atoms with Crippen molar-refractivity contribution in [2.24, 2.45) is 0 Å². The van der Waals surface area contributed by atoms with Crippen molar-refractivity contribution in [1.82, 2.24) is 0 Å². The van der Waals surface area contributed by atoms with Gasteiger partial charge in [0.1, 0.15) is 0 Å². The third-order valence-electron chi connectivity index (χ3n) is 0.420. The molecule has 0 unspecified atom stereocenters. The number of hydrogen-bond donors (Lipinski definition) is 0. The van der Waals surface area contributed by atoms with Gasteiger partial charge in [-0.2, -0.15) is 0 Å². The van der Waals surface area contributed by atoms with Crippen LogP contribution in [0.1, 0.15) is 20.3 Å². The minimum absolute atomic E-state index is 0.997. The molecule has 1 radical (unpaired) electrons. The zero-order valence-electron chi connectivity index (χ0n) is 4.09. The van der Waals surface area contributed by atoms with Crippen LogP contribution >= 0.6 is 15.9 Å². The Morgan fingerprint density at radius 1 is 1.83 bits per heavy atom. The SMILES string of the molecule is CC/[C]=C(/C)Br. The van der Waals surface area contributed by atoms with E-state index in [4.69, 9.17) is 0 Å². The summed E-state index contributed by atoms with van der Waals surface area (Å²) in [5.41, 5.74) is 0. The van der Waals surface area contributed by atoms with Crippen LogP contribution in [-0.2, 0) is 0 Å². The molecule has 0 saturated carbocycles. The lowest BCUT2D eigenvalue weighted by Crippen LogP contribution is -1.55. The molecule has 0 N–H and O–H groups in total. The summed E-state index contributed by atoms with van der Waals surface area (Å²) in [5.74, 6) is 0. The normalized spacial score (nSPS) is 12.2. The average Bonchev–Trinajstić information content (AvgIpc) is 1.35. The molecule has 0 bridgehead atoms. The second-order valence-electron chi connectivity index (χ2n) is 1.06. The Labute approximate surface area is 47.4 Å². The van der Waals surface area contributed by atoms with Crippen LogP contribution in [0.3, 0.4) is 0 Å². The topological polar surface area (TPSA) is 0 Å². The molecule has 0 rings (SSSR count). The van der Waals surface area contributed by atoms with Gasteiger partial charge in [-0.05, 0) is 23.9 Å². The Morgan fingerprint density at radius 3 is 2.33 bits per heavy atom. The minimum Gasteiger partial charge on any atom is -0.0613 e. The first-order valence-electron chi connectivity index (χ1n) is 2.00. The fraction of sp³-hybridized carbons (Fsp3) is 0.600. The predicted octanol–water partition coefficient (Wildman–Crippen LogP) is 2.50. The molecule has 0 aromatic rings. The van der Waals surface area contributed by atoms with Crippen molar-refractivity contribution < 1.29 is 0 Å². The van der Waals surface area contributed by atoms with Crippen LogP contribution < -0.4 is 0 Å². The fourth-order valence-electron chi connectivity index (χ4n) is 0.244. The van der Waals surface area contributed by atoms with Gasteiger partial charge in [0.15, 0.2) is 0 Å². The molecule has 0 aromatic carbocycles. The third-order valence-corrected chi connectivity index (χ3v) is 0.701. The third kappa shape index (κ3) is 4.22. The molecule has 0 saturated heterocycles. The lowest BCUT2D eigenvalue weighted by molar-refractivity contribution is 1.17. The van der Waals surface area contributed by atoms with Crippen LogP contribution in [-0.4, -0.2) is 0 Å². The van der Waals surface area contributed by atoms with Crippen molar-refractivity contribution >= 4 is 15.9 Å². The molecule has 6 heavy (non-hydrogen) atoms. The number of rotatable bonds is 1. The average molecular weight is 148 g/mol. The Bertz CT molecular complexity index is 51.0. The molecule has 0 atom stereocenters. The smallest absolute Gasteiger partial charge is 0.00455 e. The lowest BCUT2D eigenvalue weighted by atomic mass is 10.4. The van der Waals surface area contributed by atoms with Crippen LogP contribution in [0.2, 0.25) is 0 Å². The van der Waals surface area contributed by atoms with Crippen molar-refractivity contribution in [3.05, 3.63) is 10.6 Å². The summed E-state index contributed by atoms with van der Waals surface area (Å²) in [6.45, 7) is 4.04. The first kappa shape index (κ1) is 6.22. The van der Waals surface area contributed by atoms with E-state index in [2.05, 4.69) is 28.9 Å². The maximum atomic E-state index is 3.24. The minimum atomic E-state index is 0.997. The van der Waals surface area contributed by atoms with Crippen molar-refractivity contribution in [2.45, 2.75) is 20.3 Å². The van der Waals surface area contributed by atoms with E-state index in [9.17, 15) is 0 Å². The van der Waals surface area contributed by atoms with E-state index < -0.39 is 0 Å². The number of hydrogen-bond acceptors (Lipinski definition) is 0. The molecule has 0 aliphatic heterocycles. The van der Waals surface area contributed by atoms with E-state index >= 15 is 0 Å². The summed E-state index contributed by atoms with van der Waals surface area (Å²) >= 11 is 3.24. The Kier molecular flexibility index (Phi) is 3.54. The molecule has 0 fully saturated rings. The molecule has 35 valence electrons. The molecule has 0 aliphatic rings. The fourth-order valence-corrected chi connectivity index (χ4v) is 0.524. The maximum Gasteiger partial charge on any atom is -0.00455 e. The monoisotopic (exact) mass is 147 g/mol. The predicted molar refractivity (Wildman–Crippen MR) is 31.6 cm³/mol. The summed E-state index contributed by atoms with van der Waals surface area (Å²) in [5, 5.41) is 0. The Hall–Kier alpha value is 0.220. The highest BCUT2D eigenvalue weighted by molar-refractivity contribution is 9.11. The number of halogens is 1. The van der Waals surface area contributed by atoms with Crippen LogP contribution in [0.25, 0.3) is 0 Å². The summed E-state index contributed by atoms with van der Waals surface area (Å²) in [6, 6.07) is 0. The summed E-state index contributed by atoms with van der Waals surface area (Å²) in [7, 11) is 0. The number of allylic oxidation sites excluding steroid dienone is 2. The first-order chi connectivity index (χ1) is 2.77. The molecule has 0 spiro atoms. The molecule has 0 nitrogen and oxygen atoms in total. The second-order valence-corrected chi connectivity index (χ2v) is 2.25. The summed E-state index contributed by atoms with van der Waals surface area (Å²) in [6.07, 6.45) is 4.04. The standard InChI is InChI=1S/C5H8Br/c1-3-4-5(2)6/h3H2,1-2H3. The van der Waals surface area contributed by atoms with Crippen molar-refractivity contribution in [1.29, 1.82) is 0 Å². The molecule has 0 aliphatic carbocycles. The van der Waals surface area contributed by atoms with Gasteiger partial charge in [0.2, 0.25) is 0 Å². The summed E-state index contributed by atoms with van der Waals surface area (Å²) in [4.78, 5) is 0. The first-order valence-corrected chi connectivity index (χ1v) is 2.79. The summed E-state index contributed by atoms with van der Waals surface area (Å²) < 4.78 is 1.10. The Morgan fingerprint density at radius 2 is 2.33 bits per heavy atom. The molecule has 0 heterocycles. The van der Waals surface area contributed by atoms with Gasteiger partial charge < -0.3 is 0 Å². The van der Waals surface area contributed by atoms with E-state index in [1.807, 2.05) is 6.92 Å². The molecule has 1 heteroatoms. The van der Waals surface area contributed by atoms with Gasteiger partial charge in [-0.3, -0.25) is 0 Å². The van der Waals surface area contributed by atoms with Gasteiger partial charge in [0.05, 0.1) is 0 Å². The van der Waals surface area contributed by atoms with Crippen molar-refractivity contribution in [3.63, 3.8) is 0 Å². The molecule has 0 aromatic heterocycles. The highest BCUT2D eigenvalue weighted by Gasteiger charge is 1.71. The quantitative estimate of drug-likeness (QED) is 0.535. The molecular weight excluding hydrogens is 140 g/mol. The van der Waals surface area contributed by atoms with Gasteiger partial charge in [-0.15, -0.1) is 0 Å². The van der Waals surface area contributed by atoms with Gasteiger partial charge in [-0.25, -0.2) is 0 Å². The zero-order chi connectivity index (χ0) is 4.99. The van der Waals surface area contributed by atoms with E-state index in [0.29, 0.717) is 0 Å². The van der Waals surface area contributed by atoms with Gasteiger partial charge in [0, 0.05) is 0 Å². The van der Waals surface area contributed by atoms with E-state index in [1.165, 1.54) is 0 Å². The van der Waals surface area contributed by atoms with E-state index in [-0.39, 0.29) is 0 Å².